The van der Waals surface area contributed by atoms with Crippen LogP contribution in [0.4, 0.5) is 5.13 Å². The van der Waals surface area contributed by atoms with Crippen molar-refractivity contribution in [3.8, 4) is 5.75 Å². The van der Waals surface area contributed by atoms with Crippen LogP contribution >= 0.6 is 11.3 Å². The molecule has 2 aromatic rings. The molecule has 0 bridgehead atoms. The van der Waals surface area contributed by atoms with Crippen LogP contribution in [0.15, 0.2) is 18.2 Å². The second-order valence-electron chi connectivity index (χ2n) is 4.93. The average molecular weight is 294 g/mol. The van der Waals surface area contributed by atoms with Crippen LogP contribution in [0.1, 0.15) is 6.92 Å². The normalized spacial score (nSPS) is 11.1. The average Bonchev–Trinajstić information content (AvgIpc) is 2.81. The summed E-state index contributed by atoms with van der Waals surface area (Å²) in [6.45, 7) is 3.13. The number of carbonyl (C=O) groups excluding carboxylic acids is 1. The Morgan fingerprint density at radius 1 is 1.45 bits per heavy atom. The largest absolute Gasteiger partial charge is 0.494 e. The number of anilines is 1. The number of nitrogens with one attached hydrogen (secondary N) is 1. The van der Waals surface area contributed by atoms with E-state index >= 15 is 0 Å². The third-order valence-electron chi connectivity index (χ3n) is 3.04. The van der Waals surface area contributed by atoms with E-state index in [-0.39, 0.29) is 5.91 Å². The summed E-state index contributed by atoms with van der Waals surface area (Å²) >= 11 is 1.52. The van der Waals surface area contributed by atoms with Crippen LogP contribution in [0, 0.1) is 0 Å². The molecule has 0 saturated carbocycles. The molecule has 2 rings (SSSR count). The Labute approximate surface area is 122 Å². The zero-order chi connectivity index (χ0) is 14.7. The highest BCUT2D eigenvalue weighted by Crippen LogP contribution is 2.33. The quantitative estimate of drug-likeness (QED) is 0.887. The zero-order valence-electron chi connectivity index (χ0n) is 12.3. The Morgan fingerprint density at radius 2 is 2.20 bits per heavy atom. The number of aromatic nitrogens is 1. The zero-order valence-corrected chi connectivity index (χ0v) is 13.1. The molecule has 0 saturated heterocycles. The van der Waals surface area contributed by atoms with Crippen molar-refractivity contribution in [1.29, 1.82) is 0 Å². The molecule has 1 aromatic carbocycles. The molecule has 0 radical (unpaired) electrons. The van der Waals surface area contributed by atoms with Gasteiger partial charge in [0.1, 0.15) is 11.3 Å². The van der Waals surface area contributed by atoms with Crippen molar-refractivity contribution in [2.24, 2.45) is 0 Å². The van der Waals surface area contributed by atoms with Crippen molar-refractivity contribution in [3.05, 3.63) is 18.2 Å². The lowest BCUT2D eigenvalue weighted by Gasteiger charge is -2.18. The van der Waals surface area contributed by atoms with E-state index in [9.17, 15) is 4.79 Å². The molecular formula is C14H20N3O2S+. The van der Waals surface area contributed by atoms with Crippen molar-refractivity contribution in [2.75, 3.05) is 39.2 Å². The van der Waals surface area contributed by atoms with Crippen LogP contribution < -0.4 is 14.5 Å². The van der Waals surface area contributed by atoms with E-state index in [0.29, 0.717) is 6.54 Å². The van der Waals surface area contributed by atoms with Gasteiger partial charge >= 0.3 is 0 Å². The maximum atomic E-state index is 11.8. The summed E-state index contributed by atoms with van der Waals surface area (Å²) in [5.41, 5.74) is 0.818. The van der Waals surface area contributed by atoms with E-state index < -0.39 is 0 Å². The van der Waals surface area contributed by atoms with Gasteiger partial charge in [-0.2, -0.15) is 0 Å². The fraction of sp³-hybridized carbons (Fsp3) is 0.429. The number of ether oxygens (including phenoxy) is 1. The van der Waals surface area contributed by atoms with E-state index in [1.54, 1.807) is 18.9 Å². The number of amides is 1. The van der Waals surface area contributed by atoms with Crippen LogP contribution in [0.2, 0.25) is 0 Å². The Kier molecular flexibility index (Phi) is 4.57. The Balaban J connectivity index is 2.36. The Hall–Kier alpha value is -1.66. The minimum atomic E-state index is 0.0178. The van der Waals surface area contributed by atoms with Crippen LogP contribution in [-0.4, -0.2) is 45.2 Å². The van der Waals surface area contributed by atoms with Crippen molar-refractivity contribution >= 4 is 32.6 Å². The lowest BCUT2D eigenvalue weighted by atomic mass is 10.3. The van der Waals surface area contributed by atoms with Crippen LogP contribution in [-0.2, 0) is 4.79 Å². The molecule has 0 aliphatic carbocycles. The van der Waals surface area contributed by atoms with Gasteiger partial charge in [0.15, 0.2) is 5.13 Å². The molecule has 1 aromatic heterocycles. The number of fused-ring (bicyclic) bond motifs is 1. The molecule has 6 heteroatoms. The number of benzene rings is 1. The molecule has 0 atom stereocenters. The molecule has 0 spiro atoms. The molecule has 1 N–H and O–H groups in total. The van der Waals surface area contributed by atoms with Crippen molar-refractivity contribution in [1.82, 2.24) is 4.98 Å². The smallest absolute Gasteiger partial charge is 0.225 e. The lowest BCUT2D eigenvalue weighted by Crippen LogP contribution is -3.06. The van der Waals surface area contributed by atoms with Gasteiger partial charge in [-0.15, -0.1) is 0 Å². The highest BCUT2D eigenvalue weighted by molar-refractivity contribution is 7.22. The summed E-state index contributed by atoms with van der Waals surface area (Å²) in [4.78, 5) is 19.4. The maximum absolute atomic E-state index is 11.8. The summed E-state index contributed by atoms with van der Waals surface area (Å²) in [6, 6.07) is 5.81. The van der Waals surface area contributed by atoms with Gasteiger partial charge < -0.3 is 9.64 Å². The second-order valence-corrected chi connectivity index (χ2v) is 5.94. The van der Waals surface area contributed by atoms with E-state index in [1.165, 1.54) is 16.2 Å². The number of hydrogen-bond acceptors (Lipinski definition) is 4. The first-order valence-corrected chi connectivity index (χ1v) is 7.35. The third kappa shape index (κ3) is 3.08. The molecule has 1 heterocycles. The molecule has 0 aliphatic rings. The number of para-hydroxylation sites is 1. The first-order chi connectivity index (χ1) is 9.52. The number of quaternary nitrogens is 1. The van der Waals surface area contributed by atoms with E-state index in [2.05, 4.69) is 19.1 Å². The number of likely N-dealkylation sites (N-methyl/N-ethyl adjacent to an activating group) is 1. The van der Waals surface area contributed by atoms with Gasteiger partial charge in [-0.25, -0.2) is 4.98 Å². The third-order valence-corrected chi connectivity index (χ3v) is 4.08. The van der Waals surface area contributed by atoms with Crippen LogP contribution in [0.3, 0.4) is 0 Å². The summed E-state index contributed by atoms with van der Waals surface area (Å²) in [6.07, 6.45) is 0. The molecule has 0 unspecified atom stereocenters. The SMILES string of the molecule is COc1cccc2sc(N(CC[NH+](C)C)C(C)=O)nc12. The van der Waals surface area contributed by atoms with E-state index in [0.717, 1.165) is 27.6 Å². The van der Waals surface area contributed by atoms with Gasteiger partial charge in [0, 0.05) is 6.92 Å². The van der Waals surface area contributed by atoms with Gasteiger partial charge in [-0.05, 0) is 12.1 Å². The standard InChI is InChI=1S/C14H19N3O2S/c1-10(18)17(9-8-16(2)3)14-15-13-11(19-4)6-5-7-12(13)20-14/h5-7H,8-9H2,1-4H3/p+1. The second kappa shape index (κ2) is 6.19. The number of rotatable bonds is 5. The van der Waals surface area contributed by atoms with Crippen LogP contribution in [0.25, 0.3) is 10.2 Å². The summed E-state index contributed by atoms with van der Waals surface area (Å²) in [5, 5.41) is 0.734. The highest BCUT2D eigenvalue weighted by Gasteiger charge is 2.18. The van der Waals surface area contributed by atoms with E-state index in [4.69, 9.17) is 4.74 Å². The minimum absolute atomic E-state index is 0.0178. The van der Waals surface area contributed by atoms with Gasteiger partial charge in [0.25, 0.3) is 0 Å². The predicted octanol–water partition coefficient (Wildman–Crippen LogP) is 0.802. The van der Waals surface area contributed by atoms with Gasteiger partial charge in [0.2, 0.25) is 5.91 Å². The van der Waals surface area contributed by atoms with Crippen LogP contribution in [0.5, 0.6) is 5.75 Å². The van der Waals surface area contributed by atoms with Gasteiger partial charge in [-0.1, -0.05) is 17.4 Å². The monoisotopic (exact) mass is 294 g/mol. The number of hydrogen-bond donors (Lipinski definition) is 1. The lowest BCUT2D eigenvalue weighted by molar-refractivity contribution is -0.856. The van der Waals surface area contributed by atoms with Gasteiger partial charge in [0.05, 0.1) is 39.0 Å². The molecular weight excluding hydrogens is 274 g/mol. The van der Waals surface area contributed by atoms with E-state index in [1.807, 2.05) is 18.2 Å². The highest BCUT2D eigenvalue weighted by atomic mass is 32.1. The Morgan fingerprint density at radius 3 is 2.80 bits per heavy atom. The molecule has 20 heavy (non-hydrogen) atoms. The molecule has 1 amide bonds. The molecule has 0 aliphatic heterocycles. The maximum Gasteiger partial charge on any atom is 0.225 e. The fourth-order valence-corrected chi connectivity index (χ4v) is 2.97. The first kappa shape index (κ1) is 14.7. The molecule has 5 nitrogen and oxygen atoms in total. The number of thiazole rings is 1. The number of methoxy groups -OCH3 is 1. The first-order valence-electron chi connectivity index (χ1n) is 6.53. The van der Waals surface area contributed by atoms with Crippen molar-refractivity contribution in [3.63, 3.8) is 0 Å². The summed E-state index contributed by atoms with van der Waals surface area (Å²) < 4.78 is 6.35. The number of carbonyl (C=O) groups is 1. The summed E-state index contributed by atoms with van der Waals surface area (Å²) in [7, 11) is 5.77. The van der Waals surface area contributed by atoms with Gasteiger partial charge in [-0.3, -0.25) is 9.69 Å². The fourth-order valence-electron chi connectivity index (χ4n) is 1.91. The topological polar surface area (TPSA) is 46.9 Å². The minimum Gasteiger partial charge on any atom is -0.494 e. The molecule has 0 fully saturated rings. The van der Waals surface area contributed by atoms with Crippen molar-refractivity contribution in [2.45, 2.75) is 6.92 Å². The number of nitrogens with zero attached hydrogens (tertiary/aromatic N) is 2. The van der Waals surface area contributed by atoms with Crippen molar-refractivity contribution < 1.29 is 14.4 Å². The predicted molar refractivity (Wildman–Crippen MR) is 81.9 cm³/mol. The Bertz CT molecular complexity index is 609. The summed E-state index contributed by atoms with van der Waals surface area (Å²) in [5.74, 6) is 0.760. The molecule has 108 valence electrons.